The highest BCUT2D eigenvalue weighted by atomic mass is 32.1. The standard InChI is InChI=1S/C19H26N4O2S2/c1-5-23-12(3)13(10-21-23)9-20-19(26)22-17-16(18(24)25-4)14-7-6-11(2)8-15(14)27-17/h10-11H,5-9H2,1-4H3,(H2,20,22,26)/t11-/m1/s1. The van der Waals surface area contributed by atoms with E-state index in [4.69, 9.17) is 17.0 Å². The van der Waals surface area contributed by atoms with Crippen molar-refractivity contribution < 1.29 is 9.53 Å². The number of hydrogen-bond acceptors (Lipinski definition) is 5. The zero-order valence-electron chi connectivity index (χ0n) is 16.2. The van der Waals surface area contributed by atoms with Crippen molar-refractivity contribution in [2.75, 3.05) is 12.4 Å². The summed E-state index contributed by atoms with van der Waals surface area (Å²) in [5.74, 6) is 0.338. The van der Waals surface area contributed by atoms with Gasteiger partial charge in [-0.1, -0.05) is 6.92 Å². The Labute approximate surface area is 169 Å². The first-order valence-corrected chi connectivity index (χ1v) is 10.5. The predicted octanol–water partition coefficient (Wildman–Crippen LogP) is 3.67. The monoisotopic (exact) mass is 406 g/mol. The number of fused-ring (bicyclic) bond motifs is 1. The molecule has 0 bridgehead atoms. The first-order valence-electron chi connectivity index (χ1n) is 9.23. The van der Waals surface area contributed by atoms with Crippen LogP contribution in [0, 0.1) is 12.8 Å². The first kappa shape index (κ1) is 19.8. The van der Waals surface area contributed by atoms with Crippen LogP contribution >= 0.6 is 23.6 Å². The summed E-state index contributed by atoms with van der Waals surface area (Å²) in [7, 11) is 1.42. The summed E-state index contributed by atoms with van der Waals surface area (Å²) in [4.78, 5) is 13.6. The van der Waals surface area contributed by atoms with Gasteiger partial charge in [0, 0.05) is 29.2 Å². The van der Waals surface area contributed by atoms with Crippen molar-refractivity contribution >= 4 is 39.6 Å². The van der Waals surface area contributed by atoms with Crippen molar-refractivity contribution in [1.29, 1.82) is 0 Å². The van der Waals surface area contributed by atoms with Crippen molar-refractivity contribution in [1.82, 2.24) is 15.1 Å². The smallest absolute Gasteiger partial charge is 0.341 e. The molecule has 1 aliphatic rings. The number of hydrogen-bond donors (Lipinski definition) is 2. The van der Waals surface area contributed by atoms with Gasteiger partial charge >= 0.3 is 5.97 Å². The largest absolute Gasteiger partial charge is 0.465 e. The number of carbonyl (C=O) groups is 1. The molecule has 0 radical (unpaired) electrons. The van der Waals surface area contributed by atoms with Gasteiger partial charge < -0.3 is 15.4 Å². The number of nitrogens with zero attached hydrogens (tertiary/aromatic N) is 2. The quantitative estimate of drug-likeness (QED) is 0.583. The number of ether oxygens (including phenoxy) is 1. The van der Waals surface area contributed by atoms with E-state index in [1.54, 1.807) is 11.3 Å². The van der Waals surface area contributed by atoms with Crippen LogP contribution in [-0.2, 0) is 30.7 Å². The fourth-order valence-electron chi connectivity index (χ4n) is 3.46. The van der Waals surface area contributed by atoms with Crippen LogP contribution in [0.15, 0.2) is 6.20 Å². The van der Waals surface area contributed by atoms with Crippen LogP contribution in [0.4, 0.5) is 5.00 Å². The van der Waals surface area contributed by atoms with E-state index in [0.717, 1.165) is 47.6 Å². The van der Waals surface area contributed by atoms with Gasteiger partial charge in [-0.3, -0.25) is 4.68 Å². The Morgan fingerprint density at radius 3 is 2.96 bits per heavy atom. The molecule has 2 heterocycles. The second kappa shape index (κ2) is 8.39. The molecule has 2 aromatic heterocycles. The lowest BCUT2D eigenvalue weighted by molar-refractivity contribution is 0.0601. The summed E-state index contributed by atoms with van der Waals surface area (Å²) in [6, 6.07) is 0. The van der Waals surface area contributed by atoms with Gasteiger partial charge in [0.25, 0.3) is 0 Å². The fourth-order valence-corrected chi connectivity index (χ4v) is 5.10. The number of rotatable bonds is 5. The van der Waals surface area contributed by atoms with Gasteiger partial charge in [-0.05, 0) is 56.8 Å². The molecule has 2 aromatic rings. The summed E-state index contributed by atoms with van der Waals surface area (Å²) in [6.45, 7) is 7.80. The molecule has 0 spiro atoms. The molecule has 0 aromatic carbocycles. The molecular weight excluding hydrogens is 380 g/mol. The molecule has 8 heteroatoms. The molecule has 0 saturated heterocycles. The molecule has 27 heavy (non-hydrogen) atoms. The highest BCUT2D eigenvalue weighted by Crippen LogP contribution is 2.40. The Bertz CT molecular complexity index is 856. The second-order valence-electron chi connectivity index (χ2n) is 6.93. The van der Waals surface area contributed by atoms with Gasteiger partial charge in [0.05, 0.1) is 18.9 Å². The highest BCUT2D eigenvalue weighted by molar-refractivity contribution is 7.80. The molecule has 6 nitrogen and oxygen atoms in total. The summed E-state index contributed by atoms with van der Waals surface area (Å²) in [6.07, 6.45) is 4.87. The third kappa shape index (κ3) is 4.16. The van der Waals surface area contributed by atoms with E-state index in [1.807, 2.05) is 17.8 Å². The van der Waals surface area contributed by atoms with Crippen LogP contribution in [-0.4, -0.2) is 28.0 Å². The molecule has 0 amide bonds. The third-order valence-corrected chi connectivity index (χ3v) is 6.49. The highest BCUT2D eigenvalue weighted by Gasteiger charge is 2.28. The van der Waals surface area contributed by atoms with Gasteiger partial charge in [0.15, 0.2) is 5.11 Å². The zero-order valence-corrected chi connectivity index (χ0v) is 17.9. The number of aryl methyl sites for hydroxylation is 1. The number of carbonyl (C=O) groups excluding carboxylic acids is 1. The van der Waals surface area contributed by atoms with Gasteiger partial charge in [-0.15, -0.1) is 11.3 Å². The van der Waals surface area contributed by atoms with Crippen molar-refractivity contribution in [2.24, 2.45) is 5.92 Å². The molecule has 0 saturated carbocycles. The molecule has 0 unspecified atom stereocenters. The second-order valence-corrected chi connectivity index (χ2v) is 8.44. The lowest BCUT2D eigenvalue weighted by Crippen LogP contribution is -2.28. The normalized spacial score (nSPS) is 15.9. The molecule has 0 fully saturated rings. The lowest BCUT2D eigenvalue weighted by atomic mass is 9.88. The van der Waals surface area contributed by atoms with Crippen molar-refractivity contribution in [2.45, 2.75) is 53.1 Å². The maximum Gasteiger partial charge on any atom is 0.341 e. The van der Waals surface area contributed by atoms with Crippen LogP contribution in [0.25, 0.3) is 0 Å². The van der Waals surface area contributed by atoms with Gasteiger partial charge in [0.1, 0.15) is 5.00 Å². The van der Waals surface area contributed by atoms with Gasteiger partial charge in [0.2, 0.25) is 0 Å². The molecule has 1 atom stereocenters. The maximum absolute atomic E-state index is 12.4. The van der Waals surface area contributed by atoms with Crippen LogP contribution in [0.3, 0.4) is 0 Å². The minimum atomic E-state index is -0.299. The molecule has 0 aliphatic heterocycles. The maximum atomic E-state index is 12.4. The number of esters is 1. The molecular formula is C19H26N4O2S2. The van der Waals surface area contributed by atoms with E-state index >= 15 is 0 Å². The van der Waals surface area contributed by atoms with E-state index < -0.39 is 0 Å². The van der Waals surface area contributed by atoms with E-state index in [-0.39, 0.29) is 5.97 Å². The molecule has 1 aliphatic carbocycles. The fraction of sp³-hybridized carbons (Fsp3) is 0.526. The van der Waals surface area contributed by atoms with Crippen molar-refractivity contribution in [3.05, 3.63) is 33.5 Å². The van der Waals surface area contributed by atoms with Crippen LogP contribution in [0.5, 0.6) is 0 Å². The molecule has 146 valence electrons. The van der Waals surface area contributed by atoms with E-state index in [0.29, 0.717) is 23.1 Å². The average Bonchev–Trinajstić information content (AvgIpc) is 3.18. The van der Waals surface area contributed by atoms with E-state index in [2.05, 4.69) is 29.6 Å². The molecule has 2 N–H and O–H groups in total. The minimum Gasteiger partial charge on any atom is -0.465 e. The zero-order chi connectivity index (χ0) is 19.6. The van der Waals surface area contributed by atoms with Gasteiger partial charge in [-0.25, -0.2) is 4.79 Å². The van der Waals surface area contributed by atoms with Crippen LogP contribution < -0.4 is 10.6 Å². The van der Waals surface area contributed by atoms with Crippen LogP contribution in [0.2, 0.25) is 0 Å². The Kier molecular flexibility index (Phi) is 6.16. The van der Waals surface area contributed by atoms with Gasteiger partial charge in [-0.2, -0.15) is 5.10 Å². The Morgan fingerprint density at radius 1 is 1.52 bits per heavy atom. The lowest BCUT2D eigenvalue weighted by Gasteiger charge is -2.18. The summed E-state index contributed by atoms with van der Waals surface area (Å²) >= 11 is 7.08. The minimum absolute atomic E-state index is 0.299. The average molecular weight is 407 g/mol. The first-order chi connectivity index (χ1) is 12.9. The van der Waals surface area contributed by atoms with Crippen molar-refractivity contribution in [3.63, 3.8) is 0 Å². The number of thiocarbonyl (C=S) groups is 1. The molecule has 3 rings (SSSR count). The topological polar surface area (TPSA) is 68.2 Å². The summed E-state index contributed by atoms with van der Waals surface area (Å²) < 4.78 is 6.98. The van der Waals surface area contributed by atoms with E-state index in [9.17, 15) is 4.79 Å². The Morgan fingerprint density at radius 2 is 2.30 bits per heavy atom. The summed E-state index contributed by atoms with van der Waals surface area (Å²) in [5.41, 5.74) is 4.00. The number of anilines is 1. The van der Waals surface area contributed by atoms with E-state index in [1.165, 1.54) is 12.0 Å². The third-order valence-electron chi connectivity index (χ3n) is 5.07. The number of thiophene rings is 1. The Hall–Kier alpha value is -1.93. The number of nitrogens with one attached hydrogen (secondary N) is 2. The number of methoxy groups -OCH3 is 1. The predicted molar refractivity (Wildman–Crippen MR) is 113 cm³/mol. The van der Waals surface area contributed by atoms with Crippen LogP contribution in [0.1, 0.15) is 52.3 Å². The summed E-state index contributed by atoms with van der Waals surface area (Å²) in [5, 5.41) is 12.1. The Balaban J connectivity index is 1.73. The number of aromatic nitrogens is 2. The SMILES string of the molecule is CCn1ncc(CNC(=S)Nc2sc3c(c2C(=O)OC)CC[C@@H](C)C3)c1C. The van der Waals surface area contributed by atoms with Crippen molar-refractivity contribution in [3.8, 4) is 0 Å².